The second-order valence-corrected chi connectivity index (χ2v) is 5.58. The normalized spacial score (nSPS) is 10.7. The molecule has 2 aromatic carbocycles. The van der Waals surface area contributed by atoms with Crippen molar-refractivity contribution in [3.05, 3.63) is 51.5 Å². The Morgan fingerprint density at radius 3 is 2.74 bits per heavy atom. The van der Waals surface area contributed by atoms with E-state index in [-0.39, 0.29) is 22.8 Å². The number of phenolic OH excluding ortho intramolecular Hbond substituents is 2. The molecule has 0 aliphatic carbocycles. The third-order valence-corrected chi connectivity index (χ3v) is 3.74. The average molecular weight is 379 g/mol. The summed E-state index contributed by atoms with van der Waals surface area (Å²) in [6, 6.07) is 8.08. The molecule has 3 N–H and O–H groups in total. The van der Waals surface area contributed by atoms with Crippen molar-refractivity contribution < 1.29 is 19.7 Å². The molecule has 0 atom stereocenters. The van der Waals surface area contributed by atoms with Gasteiger partial charge < -0.3 is 14.9 Å². The summed E-state index contributed by atoms with van der Waals surface area (Å²) >= 11 is 3.20. The summed E-state index contributed by atoms with van der Waals surface area (Å²) in [5.41, 5.74) is 3.70. The van der Waals surface area contributed by atoms with Gasteiger partial charge in [-0.1, -0.05) is 12.1 Å². The Kier molecular flexibility index (Phi) is 5.23. The zero-order chi connectivity index (χ0) is 17.0. The molecule has 0 aliphatic heterocycles. The van der Waals surface area contributed by atoms with Crippen molar-refractivity contribution in [3.8, 4) is 17.2 Å². The number of nitrogens with zero attached hydrogens (tertiary/aromatic N) is 1. The molecular weight excluding hydrogens is 364 g/mol. The smallest absolute Gasteiger partial charge is 0.275 e. The Morgan fingerprint density at radius 1 is 1.30 bits per heavy atom. The molecule has 120 valence electrons. The van der Waals surface area contributed by atoms with E-state index < -0.39 is 5.91 Å². The van der Waals surface area contributed by atoms with Gasteiger partial charge in [0.05, 0.1) is 23.4 Å². The van der Waals surface area contributed by atoms with Crippen molar-refractivity contribution >= 4 is 28.1 Å². The average Bonchev–Trinajstić information content (AvgIpc) is 2.53. The van der Waals surface area contributed by atoms with Crippen LogP contribution >= 0.6 is 15.9 Å². The lowest BCUT2D eigenvalue weighted by atomic mass is 10.1. The van der Waals surface area contributed by atoms with E-state index in [9.17, 15) is 15.0 Å². The van der Waals surface area contributed by atoms with Gasteiger partial charge in [-0.25, -0.2) is 5.43 Å². The zero-order valence-corrected chi connectivity index (χ0v) is 14.1. The topological polar surface area (TPSA) is 91.2 Å². The number of halogens is 1. The van der Waals surface area contributed by atoms with Gasteiger partial charge in [-0.2, -0.15) is 5.10 Å². The summed E-state index contributed by atoms with van der Waals surface area (Å²) in [4.78, 5) is 12.0. The number of rotatable bonds is 4. The lowest BCUT2D eigenvalue weighted by Gasteiger charge is -2.07. The molecule has 0 radical (unpaired) electrons. The molecule has 0 heterocycles. The van der Waals surface area contributed by atoms with Gasteiger partial charge in [0.2, 0.25) is 0 Å². The first kappa shape index (κ1) is 16.8. The number of aryl methyl sites for hydroxylation is 1. The Morgan fingerprint density at radius 2 is 2.04 bits per heavy atom. The van der Waals surface area contributed by atoms with Crippen LogP contribution in [-0.4, -0.2) is 29.4 Å². The number of hydrogen-bond donors (Lipinski definition) is 3. The van der Waals surface area contributed by atoms with Gasteiger partial charge >= 0.3 is 0 Å². The van der Waals surface area contributed by atoms with E-state index >= 15 is 0 Å². The molecular formula is C16H15BrN2O4. The number of ether oxygens (including phenoxy) is 1. The van der Waals surface area contributed by atoms with Crippen LogP contribution in [0, 0.1) is 6.92 Å². The second kappa shape index (κ2) is 7.15. The maximum Gasteiger partial charge on any atom is 0.275 e. The van der Waals surface area contributed by atoms with Crippen LogP contribution in [0.4, 0.5) is 0 Å². The molecule has 6 nitrogen and oxygen atoms in total. The monoisotopic (exact) mass is 378 g/mol. The van der Waals surface area contributed by atoms with E-state index in [4.69, 9.17) is 4.74 Å². The molecule has 0 unspecified atom stereocenters. The third kappa shape index (κ3) is 3.81. The minimum Gasteiger partial charge on any atom is -0.507 e. The number of aromatic hydroxyl groups is 2. The highest BCUT2D eigenvalue weighted by atomic mass is 79.9. The number of hydrogen-bond acceptors (Lipinski definition) is 5. The Labute approximate surface area is 141 Å². The largest absolute Gasteiger partial charge is 0.507 e. The summed E-state index contributed by atoms with van der Waals surface area (Å²) < 4.78 is 5.48. The van der Waals surface area contributed by atoms with Crippen LogP contribution in [0.15, 0.2) is 39.9 Å². The van der Waals surface area contributed by atoms with Crippen molar-refractivity contribution in [1.29, 1.82) is 0 Å². The fourth-order valence-corrected chi connectivity index (χ4v) is 2.35. The van der Waals surface area contributed by atoms with Gasteiger partial charge in [-0.3, -0.25) is 4.79 Å². The molecule has 7 heteroatoms. The maximum absolute atomic E-state index is 12.0. The minimum atomic E-state index is -0.521. The van der Waals surface area contributed by atoms with Crippen LogP contribution in [0.5, 0.6) is 17.2 Å². The standard InChI is InChI=1S/C16H15BrN2O4/c1-9-4-3-5-11(14(9)20)16(22)19-18-8-10-6-12(17)15(21)13(7-10)23-2/h3-8,20-21H,1-2H3,(H,19,22). The first-order chi connectivity index (χ1) is 10.9. The van der Waals surface area contributed by atoms with E-state index in [1.807, 2.05) is 0 Å². The molecule has 0 saturated carbocycles. The zero-order valence-electron chi connectivity index (χ0n) is 12.5. The van der Waals surface area contributed by atoms with Crippen LogP contribution in [0.1, 0.15) is 21.5 Å². The summed E-state index contributed by atoms with van der Waals surface area (Å²) in [7, 11) is 1.44. The molecule has 0 fully saturated rings. The molecule has 0 saturated heterocycles. The second-order valence-electron chi connectivity index (χ2n) is 4.72. The van der Waals surface area contributed by atoms with Crippen molar-refractivity contribution in [1.82, 2.24) is 5.43 Å². The highest BCUT2D eigenvalue weighted by Gasteiger charge is 2.11. The van der Waals surface area contributed by atoms with Gasteiger partial charge in [-0.15, -0.1) is 0 Å². The predicted octanol–water partition coefficient (Wildman–Crippen LogP) is 2.94. The first-order valence-corrected chi connectivity index (χ1v) is 7.41. The SMILES string of the molecule is COc1cc(C=NNC(=O)c2cccc(C)c2O)cc(Br)c1O. The molecule has 0 spiro atoms. The number of methoxy groups -OCH3 is 1. The number of carbonyl (C=O) groups excluding carboxylic acids is 1. The number of benzene rings is 2. The van der Waals surface area contributed by atoms with E-state index in [0.29, 0.717) is 15.6 Å². The van der Waals surface area contributed by atoms with E-state index in [0.717, 1.165) is 0 Å². The van der Waals surface area contributed by atoms with Crippen LogP contribution in [0.2, 0.25) is 0 Å². The summed E-state index contributed by atoms with van der Waals surface area (Å²) in [5, 5.41) is 23.4. The Hall–Kier alpha value is -2.54. The van der Waals surface area contributed by atoms with Crippen LogP contribution < -0.4 is 10.2 Å². The number of phenols is 2. The molecule has 1 amide bonds. The van der Waals surface area contributed by atoms with Crippen LogP contribution in [0.3, 0.4) is 0 Å². The summed E-state index contributed by atoms with van der Waals surface area (Å²) in [6.07, 6.45) is 1.40. The lowest BCUT2D eigenvalue weighted by molar-refractivity contribution is 0.0952. The highest BCUT2D eigenvalue weighted by Crippen LogP contribution is 2.34. The minimum absolute atomic E-state index is 0.0154. The maximum atomic E-state index is 12.0. The summed E-state index contributed by atoms with van der Waals surface area (Å²) in [5.74, 6) is -0.330. The first-order valence-electron chi connectivity index (χ1n) is 6.62. The molecule has 2 aromatic rings. The van der Waals surface area contributed by atoms with Gasteiger partial charge in [0.1, 0.15) is 5.75 Å². The van der Waals surface area contributed by atoms with E-state index in [1.54, 1.807) is 31.2 Å². The quantitative estimate of drug-likeness (QED) is 0.563. The molecule has 2 rings (SSSR count). The van der Waals surface area contributed by atoms with Crippen molar-refractivity contribution in [3.63, 3.8) is 0 Å². The lowest BCUT2D eigenvalue weighted by Crippen LogP contribution is -2.17. The van der Waals surface area contributed by atoms with Crippen LogP contribution in [-0.2, 0) is 0 Å². The third-order valence-electron chi connectivity index (χ3n) is 3.13. The van der Waals surface area contributed by atoms with E-state index in [2.05, 4.69) is 26.5 Å². The molecule has 0 bridgehead atoms. The fourth-order valence-electron chi connectivity index (χ4n) is 1.89. The molecule has 23 heavy (non-hydrogen) atoms. The number of para-hydroxylation sites is 1. The highest BCUT2D eigenvalue weighted by molar-refractivity contribution is 9.10. The van der Waals surface area contributed by atoms with Gasteiger partial charge in [0.25, 0.3) is 5.91 Å². The number of amides is 1. The fraction of sp³-hybridized carbons (Fsp3) is 0.125. The molecule has 0 aliphatic rings. The van der Waals surface area contributed by atoms with Gasteiger partial charge in [0.15, 0.2) is 11.5 Å². The van der Waals surface area contributed by atoms with Gasteiger partial charge in [-0.05, 0) is 52.2 Å². The van der Waals surface area contributed by atoms with Crippen molar-refractivity contribution in [2.24, 2.45) is 5.10 Å². The summed E-state index contributed by atoms with van der Waals surface area (Å²) in [6.45, 7) is 1.70. The van der Waals surface area contributed by atoms with Gasteiger partial charge in [0, 0.05) is 0 Å². The van der Waals surface area contributed by atoms with Crippen molar-refractivity contribution in [2.75, 3.05) is 7.11 Å². The number of carbonyl (C=O) groups is 1. The number of nitrogens with one attached hydrogen (secondary N) is 1. The Bertz CT molecular complexity index is 775. The predicted molar refractivity (Wildman–Crippen MR) is 90.3 cm³/mol. The number of hydrazone groups is 1. The van der Waals surface area contributed by atoms with Crippen LogP contribution in [0.25, 0.3) is 0 Å². The van der Waals surface area contributed by atoms with E-state index in [1.165, 1.54) is 19.4 Å². The Balaban J connectivity index is 2.14. The molecule has 0 aromatic heterocycles. The van der Waals surface area contributed by atoms with Crippen molar-refractivity contribution in [2.45, 2.75) is 6.92 Å².